The first-order valence-corrected chi connectivity index (χ1v) is 9.37. The molecule has 1 aromatic heterocycles. The molecule has 20 heavy (non-hydrogen) atoms. The van der Waals surface area contributed by atoms with Crippen LogP contribution in [0.4, 0.5) is 0 Å². The zero-order valence-corrected chi connectivity index (χ0v) is 14.8. The van der Waals surface area contributed by atoms with Gasteiger partial charge in [-0.2, -0.15) is 4.31 Å². The van der Waals surface area contributed by atoms with Crippen LogP contribution in [0.1, 0.15) is 38.9 Å². The third kappa shape index (κ3) is 3.40. The van der Waals surface area contributed by atoms with Crippen molar-refractivity contribution in [1.82, 2.24) is 4.31 Å². The van der Waals surface area contributed by atoms with Gasteiger partial charge >= 0.3 is 0 Å². The Hall–Kier alpha value is -0.0400. The van der Waals surface area contributed by atoms with E-state index in [4.69, 9.17) is 16.0 Å². The molecule has 1 aliphatic rings. The Labute approximate surface area is 133 Å². The first-order valence-electron chi connectivity index (χ1n) is 6.60. The summed E-state index contributed by atoms with van der Waals surface area (Å²) in [6, 6.07) is 1.50. The molecule has 1 saturated heterocycles. The van der Waals surface area contributed by atoms with Crippen molar-refractivity contribution in [2.75, 3.05) is 13.1 Å². The second kappa shape index (κ2) is 5.99. The van der Waals surface area contributed by atoms with Crippen molar-refractivity contribution in [3.8, 4) is 0 Å². The summed E-state index contributed by atoms with van der Waals surface area (Å²) in [7, 11) is -3.52. The molecule has 0 N–H and O–H groups in total. The Balaban J connectivity index is 2.28. The summed E-state index contributed by atoms with van der Waals surface area (Å²) in [5, 5.41) is 0. The molecule has 0 aliphatic carbocycles. The molecule has 2 rings (SSSR count). The van der Waals surface area contributed by atoms with Gasteiger partial charge in [-0.1, -0.05) is 13.8 Å². The SMILES string of the molecule is CC1(C)CCCN(S(=O)(=O)c2cc(CCl)oc2Br)CC1. The van der Waals surface area contributed by atoms with Crippen LogP contribution >= 0.6 is 27.5 Å². The van der Waals surface area contributed by atoms with Gasteiger partial charge in [0.15, 0.2) is 4.67 Å². The molecule has 0 saturated carbocycles. The van der Waals surface area contributed by atoms with Crippen molar-refractivity contribution in [3.63, 3.8) is 0 Å². The zero-order chi connectivity index (χ0) is 15.0. The highest BCUT2D eigenvalue weighted by Gasteiger charge is 2.33. The van der Waals surface area contributed by atoms with Gasteiger partial charge in [0.25, 0.3) is 0 Å². The molecular formula is C13H19BrClNO3S. The number of nitrogens with zero attached hydrogens (tertiary/aromatic N) is 1. The van der Waals surface area contributed by atoms with E-state index >= 15 is 0 Å². The Morgan fingerprint density at radius 1 is 1.40 bits per heavy atom. The normalized spacial score (nSPS) is 20.8. The van der Waals surface area contributed by atoms with E-state index in [0.29, 0.717) is 18.8 Å². The van der Waals surface area contributed by atoms with Crippen LogP contribution in [0.5, 0.6) is 0 Å². The lowest BCUT2D eigenvalue weighted by atomic mass is 9.85. The van der Waals surface area contributed by atoms with Crippen molar-refractivity contribution < 1.29 is 12.8 Å². The van der Waals surface area contributed by atoms with Gasteiger partial charge in [0.1, 0.15) is 10.7 Å². The number of sulfonamides is 1. The van der Waals surface area contributed by atoms with Crippen LogP contribution in [-0.4, -0.2) is 25.8 Å². The zero-order valence-electron chi connectivity index (χ0n) is 11.7. The molecule has 1 aromatic rings. The van der Waals surface area contributed by atoms with E-state index in [1.54, 1.807) is 4.31 Å². The van der Waals surface area contributed by atoms with Gasteiger partial charge in [-0.05, 0) is 40.6 Å². The summed E-state index contributed by atoms with van der Waals surface area (Å²) in [4.78, 5) is 0.174. The standard InChI is InChI=1S/C13H19BrClNO3S/c1-13(2)4-3-6-16(7-5-13)20(17,18)11-8-10(9-15)19-12(11)14/h8H,3-7,9H2,1-2H3. The van der Waals surface area contributed by atoms with E-state index in [2.05, 4.69) is 29.8 Å². The first kappa shape index (κ1) is 16.3. The highest BCUT2D eigenvalue weighted by molar-refractivity contribution is 9.10. The van der Waals surface area contributed by atoms with Crippen molar-refractivity contribution in [1.29, 1.82) is 0 Å². The highest BCUT2D eigenvalue weighted by Crippen LogP contribution is 2.34. The minimum Gasteiger partial charge on any atom is -0.452 e. The van der Waals surface area contributed by atoms with Crippen molar-refractivity contribution in [2.24, 2.45) is 5.41 Å². The average molecular weight is 385 g/mol. The number of rotatable bonds is 3. The molecule has 0 spiro atoms. The molecule has 4 nitrogen and oxygen atoms in total. The van der Waals surface area contributed by atoms with Crippen LogP contribution in [0.15, 0.2) is 20.0 Å². The first-order chi connectivity index (χ1) is 9.26. The molecule has 0 unspecified atom stereocenters. The minimum absolute atomic E-state index is 0.154. The Morgan fingerprint density at radius 3 is 2.70 bits per heavy atom. The molecule has 0 amide bonds. The molecule has 0 radical (unpaired) electrons. The summed E-state index contributed by atoms with van der Waals surface area (Å²) in [6.45, 7) is 5.47. The maximum absolute atomic E-state index is 12.7. The fourth-order valence-corrected chi connectivity index (χ4v) is 4.99. The van der Waals surface area contributed by atoms with E-state index in [1.807, 2.05) is 0 Å². The second-order valence-corrected chi connectivity index (χ2v) is 8.80. The monoisotopic (exact) mass is 383 g/mol. The van der Waals surface area contributed by atoms with Crippen molar-refractivity contribution in [3.05, 3.63) is 16.5 Å². The lowest BCUT2D eigenvalue weighted by Crippen LogP contribution is -2.32. The van der Waals surface area contributed by atoms with Gasteiger partial charge in [0.2, 0.25) is 10.0 Å². The number of hydrogen-bond donors (Lipinski definition) is 0. The number of halogens is 2. The van der Waals surface area contributed by atoms with E-state index in [1.165, 1.54) is 6.07 Å². The topological polar surface area (TPSA) is 50.5 Å². The smallest absolute Gasteiger partial charge is 0.247 e. The summed E-state index contributed by atoms with van der Waals surface area (Å²) in [6.07, 6.45) is 2.78. The fraction of sp³-hybridized carbons (Fsp3) is 0.692. The van der Waals surface area contributed by atoms with Gasteiger partial charge in [-0.3, -0.25) is 0 Å². The van der Waals surface area contributed by atoms with E-state index in [0.717, 1.165) is 19.3 Å². The lowest BCUT2D eigenvalue weighted by molar-refractivity contribution is 0.314. The fourth-order valence-electron chi connectivity index (χ4n) is 2.42. The summed E-state index contributed by atoms with van der Waals surface area (Å²) >= 11 is 8.86. The predicted octanol–water partition coefficient (Wildman–Crippen LogP) is 3.98. The van der Waals surface area contributed by atoms with Gasteiger partial charge < -0.3 is 4.42 Å². The molecule has 0 bridgehead atoms. The summed E-state index contributed by atoms with van der Waals surface area (Å²) < 4.78 is 32.5. The summed E-state index contributed by atoms with van der Waals surface area (Å²) in [5.41, 5.74) is 0.194. The van der Waals surface area contributed by atoms with Gasteiger partial charge in [-0.15, -0.1) is 11.6 Å². The van der Waals surface area contributed by atoms with Gasteiger partial charge in [-0.25, -0.2) is 8.42 Å². The molecule has 1 aliphatic heterocycles. The van der Waals surface area contributed by atoms with Crippen molar-refractivity contribution in [2.45, 2.75) is 43.9 Å². The molecular weight excluding hydrogens is 366 g/mol. The molecule has 1 fully saturated rings. The number of hydrogen-bond acceptors (Lipinski definition) is 3. The predicted molar refractivity (Wildman–Crippen MR) is 82.4 cm³/mol. The van der Waals surface area contributed by atoms with Crippen LogP contribution in [0.3, 0.4) is 0 Å². The molecule has 7 heteroatoms. The van der Waals surface area contributed by atoms with Crippen LogP contribution < -0.4 is 0 Å². The van der Waals surface area contributed by atoms with Gasteiger partial charge in [0, 0.05) is 19.2 Å². The van der Waals surface area contributed by atoms with Crippen molar-refractivity contribution >= 4 is 37.6 Å². The molecule has 0 aromatic carbocycles. The highest BCUT2D eigenvalue weighted by atomic mass is 79.9. The third-order valence-corrected chi connectivity index (χ3v) is 6.77. The number of alkyl halides is 1. The molecule has 114 valence electrons. The van der Waals surface area contributed by atoms with Crippen LogP contribution in [0.25, 0.3) is 0 Å². The Morgan fingerprint density at radius 2 is 2.10 bits per heavy atom. The second-order valence-electron chi connectivity index (χ2n) is 5.91. The summed E-state index contributed by atoms with van der Waals surface area (Å²) in [5.74, 6) is 0.605. The quantitative estimate of drug-likeness (QED) is 0.741. The maximum atomic E-state index is 12.7. The third-order valence-electron chi connectivity index (χ3n) is 3.76. The van der Waals surface area contributed by atoms with Crippen LogP contribution in [0, 0.1) is 5.41 Å². The van der Waals surface area contributed by atoms with E-state index in [-0.39, 0.29) is 20.9 Å². The van der Waals surface area contributed by atoms with Crippen LogP contribution in [-0.2, 0) is 15.9 Å². The molecule has 2 heterocycles. The Kier molecular flexibility index (Phi) is 4.89. The Bertz CT molecular complexity index is 582. The largest absolute Gasteiger partial charge is 0.452 e. The van der Waals surface area contributed by atoms with Crippen LogP contribution in [0.2, 0.25) is 0 Å². The van der Waals surface area contributed by atoms with E-state index in [9.17, 15) is 8.42 Å². The number of furan rings is 1. The maximum Gasteiger partial charge on any atom is 0.247 e. The molecule has 0 atom stereocenters. The lowest BCUT2D eigenvalue weighted by Gasteiger charge is -2.22. The minimum atomic E-state index is -3.52. The van der Waals surface area contributed by atoms with Gasteiger partial charge in [0.05, 0.1) is 5.88 Å². The average Bonchev–Trinajstić information content (AvgIpc) is 2.64. The van der Waals surface area contributed by atoms with E-state index < -0.39 is 10.0 Å².